The lowest BCUT2D eigenvalue weighted by Gasteiger charge is -2.26. The summed E-state index contributed by atoms with van der Waals surface area (Å²) in [6.45, 7) is 8.82. The van der Waals surface area contributed by atoms with Crippen LogP contribution in [0, 0.1) is 13.8 Å². The molecule has 1 aliphatic rings. The van der Waals surface area contributed by atoms with Gasteiger partial charge in [0.2, 0.25) is 0 Å². The maximum Gasteiger partial charge on any atom is 0.125 e. The van der Waals surface area contributed by atoms with Crippen molar-refractivity contribution in [1.82, 2.24) is 4.90 Å². The van der Waals surface area contributed by atoms with Crippen molar-refractivity contribution in [2.45, 2.75) is 39.5 Å². The maximum absolute atomic E-state index is 5.93. The molecule has 0 saturated carbocycles. The summed E-state index contributed by atoms with van der Waals surface area (Å²) >= 11 is 0. The first kappa shape index (κ1) is 16.3. The Kier molecular flexibility index (Phi) is 7.25. The van der Waals surface area contributed by atoms with E-state index in [1.165, 1.54) is 50.0 Å². The fraction of sp³-hybridized carbons (Fsp3) is 0.625. The first-order valence-corrected chi connectivity index (χ1v) is 7.19. The molecule has 0 unspecified atom stereocenters. The molecular weight excluding hydrogens is 258 g/mol. The van der Waals surface area contributed by atoms with E-state index in [9.17, 15) is 0 Å². The molecule has 1 heterocycles. The largest absolute Gasteiger partial charge is 0.493 e. The molecule has 0 aliphatic carbocycles. The molecular formula is C16H26ClNO. The van der Waals surface area contributed by atoms with Crippen LogP contribution in [0.25, 0.3) is 0 Å². The van der Waals surface area contributed by atoms with Crippen LogP contribution in [0.4, 0.5) is 0 Å². The molecule has 1 aromatic rings. The number of para-hydroxylation sites is 1. The van der Waals surface area contributed by atoms with Crippen LogP contribution in [0.1, 0.15) is 36.8 Å². The predicted octanol–water partition coefficient (Wildman–Crippen LogP) is 3.98. The highest BCUT2D eigenvalue weighted by Crippen LogP contribution is 2.22. The zero-order chi connectivity index (χ0) is 12.8. The van der Waals surface area contributed by atoms with Crippen molar-refractivity contribution in [3.63, 3.8) is 0 Å². The first-order valence-electron chi connectivity index (χ1n) is 7.19. The average molecular weight is 284 g/mol. The van der Waals surface area contributed by atoms with E-state index in [2.05, 4.69) is 36.9 Å². The minimum atomic E-state index is 0. The Bertz CT molecular complexity index is 355. The van der Waals surface area contributed by atoms with Crippen molar-refractivity contribution in [2.24, 2.45) is 0 Å². The lowest BCUT2D eigenvalue weighted by Crippen LogP contribution is -2.31. The minimum Gasteiger partial charge on any atom is -0.493 e. The smallest absolute Gasteiger partial charge is 0.125 e. The van der Waals surface area contributed by atoms with E-state index >= 15 is 0 Å². The Labute approximate surface area is 123 Å². The lowest BCUT2D eigenvalue weighted by atomic mass is 10.1. The highest BCUT2D eigenvalue weighted by atomic mass is 35.5. The molecule has 0 bridgehead atoms. The third-order valence-electron chi connectivity index (χ3n) is 3.72. The van der Waals surface area contributed by atoms with E-state index in [0.29, 0.717) is 0 Å². The van der Waals surface area contributed by atoms with E-state index in [1.54, 1.807) is 0 Å². The summed E-state index contributed by atoms with van der Waals surface area (Å²) < 4.78 is 5.93. The molecule has 0 atom stereocenters. The second-order valence-electron chi connectivity index (χ2n) is 5.33. The molecule has 19 heavy (non-hydrogen) atoms. The van der Waals surface area contributed by atoms with Gasteiger partial charge in [-0.15, -0.1) is 12.4 Å². The van der Waals surface area contributed by atoms with Crippen LogP contribution in [0.3, 0.4) is 0 Å². The maximum atomic E-state index is 5.93. The zero-order valence-corrected chi connectivity index (χ0v) is 13.0. The predicted molar refractivity (Wildman–Crippen MR) is 83.6 cm³/mol. The van der Waals surface area contributed by atoms with Gasteiger partial charge >= 0.3 is 0 Å². The SMILES string of the molecule is Cc1cccc(C)c1OCCCN1CCCCC1.Cl. The van der Waals surface area contributed by atoms with E-state index in [0.717, 1.165) is 18.8 Å². The number of halogens is 1. The van der Waals surface area contributed by atoms with Crippen LogP contribution in [0.2, 0.25) is 0 Å². The lowest BCUT2D eigenvalue weighted by molar-refractivity contribution is 0.204. The summed E-state index contributed by atoms with van der Waals surface area (Å²) in [6, 6.07) is 6.32. The summed E-state index contributed by atoms with van der Waals surface area (Å²) in [5.74, 6) is 1.08. The van der Waals surface area contributed by atoms with Crippen molar-refractivity contribution < 1.29 is 4.74 Å². The Morgan fingerprint density at radius 1 is 1.05 bits per heavy atom. The van der Waals surface area contributed by atoms with E-state index in [1.807, 2.05) is 0 Å². The number of benzene rings is 1. The van der Waals surface area contributed by atoms with Gasteiger partial charge in [0.1, 0.15) is 5.75 Å². The topological polar surface area (TPSA) is 12.5 Å². The third-order valence-corrected chi connectivity index (χ3v) is 3.72. The summed E-state index contributed by atoms with van der Waals surface area (Å²) in [7, 11) is 0. The second kappa shape index (κ2) is 8.44. The number of piperidine rings is 1. The molecule has 0 spiro atoms. The van der Waals surface area contributed by atoms with Crippen LogP contribution >= 0.6 is 12.4 Å². The second-order valence-corrected chi connectivity index (χ2v) is 5.33. The number of aryl methyl sites for hydroxylation is 2. The molecule has 1 aromatic carbocycles. The highest BCUT2D eigenvalue weighted by molar-refractivity contribution is 5.85. The number of rotatable bonds is 5. The quantitative estimate of drug-likeness (QED) is 0.758. The Balaban J connectivity index is 0.00000180. The van der Waals surface area contributed by atoms with Crippen LogP contribution < -0.4 is 4.74 Å². The van der Waals surface area contributed by atoms with Gasteiger partial charge in [0.05, 0.1) is 6.61 Å². The van der Waals surface area contributed by atoms with E-state index < -0.39 is 0 Å². The summed E-state index contributed by atoms with van der Waals surface area (Å²) in [4.78, 5) is 2.57. The summed E-state index contributed by atoms with van der Waals surface area (Å²) in [6.07, 6.45) is 5.29. The van der Waals surface area contributed by atoms with E-state index in [4.69, 9.17) is 4.74 Å². The van der Waals surface area contributed by atoms with Gasteiger partial charge in [-0.1, -0.05) is 24.6 Å². The Hall–Kier alpha value is -0.730. The van der Waals surface area contributed by atoms with Crippen LogP contribution in [0.5, 0.6) is 5.75 Å². The fourth-order valence-corrected chi connectivity index (χ4v) is 2.67. The molecule has 0 amide bonds. The van der Waals surface area contributed by atoms with Gasteiger partial charge in [-0.2, -0.15) is 0 Å². The zero-order valence-electron chi connectivity index (χ0n) is 12.2. The van der Waals surface area contributed by atoms with Gasteiger partial charge in [-0.05, 0) is 57.3 Å². The molecule has 2 nitrogen and oxygen atoms in total. The molecule has 0 radical (unpaired) electrons. The molecule has 1 saturated heterocycles. The monoisotopic (exact) mass is 283 g/mol. The molecule has 2 rings (SSSR count). The first-order chi connectivity index (χ1) is 8.77. The molecule has 1 fully saturated rings. The van der Waals surface area contributed by atoms with Crippen LogP contribution in [0.15, 0.2) is 18.2 Å². The molecule has 0 aromatic heterocycles. The van der Waals surface area contributed by atoms with Crippen LogP contribution in [-0.2, 0) is 0 Å². The minimum absolute atomic E-state index is 0. The van der Waals surface area contributed by atoms with Gasteiger partial charge in [0.25, 0.3) is 0 Å². The van der Waals surface area contributed by atoms with Gasteiger partial charge in [0, 0.05) is 6.54 Å². The number of hydrogen-bond donors (Lipinski definition) is 0. The molecule has 108 valence electrons. The summed E-state index contributed by atoms with van der Waals surface area (Å²) in [5, 5.41) is 0. The third kappa shape index (κ3) is 5.04. The van der Waals surface area contributed by atoms with Gasteiger partial charge in [-0.3, -0.25) is 0 Å². The van der Waals surface area contributed by atoms with Crippen molar-refractivity contribution in [1.29, 1.82) is 0 Å². The highest BCUT2D eigenvalue weighted by Gasteiger charge is 2.09. The number of nitrogens with zero attached hydrogens (tertiary/aromatic N) is 1. The van der Waals surface area contributed by atoms with Crippen molar-refractivity contribution >= 4 is 12.4 Å². The molecule has 1 aliphatic heterocycles. The number of hydrogen-bond acceptors (Lipinski definition) is 2. The van der Waals surface area contributed by atoms with Crippen molar-refractivity contribution in [3.05, 3.63) is 29.3 Å². The van der Waals surface area contributed by atoms with Crippen molar-refractivity contribution in [2.75, 3.05) is 26.2 Å². The average Bonchev–Trinajstić information content (AvgIpc) is 2.38. The standard InChI is InChI=1S/C16H25NO.ClH/c1-14-8-6-9-15(2)16(14)18-13-7-12-17-10-4-3-5-11-17;/h6,8-9H,3-5,7,10-13H2,1-2H3;1H. The fourth-order valence-electron chi connectivity index (χ4n) is 2.67. The Morgan fingerprint density at radius 2 is 1.68 bits per heavy atom. The van der Waals surface area contributed by atoms with E-state index in [-0.39, 0.29) is 12.4 Å². The Morgan fingerprint density at radius 3 is 2.32 bits per heavy atom. The normalized spacial score (nSPS) is 15.9. The molecule has 3 heteroatoms. The number of likely N-dealkylation sites (tertiary alicyclic amines) is 1. The molecule has 0 N–H and O–H groups in total. The van der Waals surface area contributed by atoms with Gasteiger partial charge in [-0.25, -0.2) is 0 Å². The van der Waals surface area contributed by atoms with Gasteiger partial charge in [0.15, 0.2) is 0 Å². The van der Waals surface area contributed by atoms with Crippen molar-refractivity contribution in [3.8, 4) is 5.75 Å². The van der Waals surface area contributed by atoms with Crippen LogP contribution in [-0.4, -0.2) is 31.1 Å². The van der Waals surface area contributed by atoms with Gasteiger partial charge < -0.3 is 9.64 Å². The number of ether oxygens (including phenoxy) is 1. The summed E-state index contributed by atoms with van der Waals surface area (Å²) in [5.41, 5.74) is 2.49.